The number of carbonyl (C=O) groups excluding carboxylic acids is 1. The van der Waals surface area contributed by atoms with E-state index >= 15 is 0 Å². The van der Waals surface area contributed by atoms with E-state index in [4.69, 9.17) is 4.74 Å². The lowest BCUT2D eigenvalue weighted by Crippen LogP contribution is -2.46. The van der Waals surface area contributed by atoms with Gasteiger partial charge in [-0.25, -0.2) is 0 Å². The molecule has 2 rings (SSSR count). The van der Waals surface area contributed by atoms with Gasteiger partial charge in [0.2, 0.25) is 0 Å². The highest BCUT2D eigenvalue weighted by atomic mass is 16.5. The van der Waals surface area contributed by atoms with Gasteiger partial charge in [-0.05, 0) is 12.1 Å². The number of morpholine rings is 1. The predicted octanol–water partition coefficient (Wildman–Crippen LogP) is 0.253. The Balaban J connectivity index is 2.07. The van der Waals surface area contributed by atoms with E-state index in [1.165, 1.54) is 0 Å². The molecule has 0 saturated carbocycles. The minimum atomic E-state index is -0.237. The molecule has 2 heterocycles. The van der Waals surface area contributed by atoms with E-state index in [1.807, 2.05) is 6.07 Å². The number of carbonyl (C=O) groups is 1. The van der Waals surface area contributed by atoms with Crippen molar-refractivity contribution in [3.05, 3.63) is 30.1 Å². The van der Waals surface area contributed by atoms with Crippen molar-refractivity contribution in [3.8, 4) is 0 Å². The molecular weight excluding hydrogens is 180 g/mol. The molecule has 1 fully saturated rings. The van der Waals surface area contributed by atoms with Crippen LogP contribution in [-0.2, 0) is 4.74 Å². The molecule has 1 aromatic rings. The predicted molar refractivity (Wildman–Crippen MR) is 51.2 cm³/mol. The van der Waals surface area contributed by atoms with Gasteiger partial charge in [0.25, 0.3) is 0 Å². The van der Waals surface area contributed by atoms with Gasteiger partial charge < -0.3 is 10.1 Å². The number of ether oxygens (including phenoxy) is 1. The second-order valence-electron chi connectivity index (χ2n) is 3.16. The van der Waals surface area contributed by atoms with Gasteiger partial charge in [0.1, 0.15) is 5.69 Å². The van der Waals surface area contributed by atoms with Crippen LogP contribution in [0.4, 0.5) is 0 Å². The first-order valence-corrected chi connectivity index (χ1v) is 4.64. The molecule has 0 aliphatic carbocycles. The zero-order valence-corrected chi connectivity index (χ0v) is 7.77. The minimum absolute atomic E-state index is 0.00491. The molecule has 0 amide bonds. The Hall–Kier alpha value is -1.26. The number of hydrogen-bond donors (Lipinski definition) is 1. The van der Waals surface area contributed by atoms with Gasteiger partial charge in [-0.15, -0.1) is 0 Å². The summed E-state index contributed by atoms with van der Waals surface area (Å²) in [6, 6.07) is 5.09. The Morgan fingerprint density at radius 2 is 2.50 bits per heavy atom. The molecule has 1 unspecified atom stereocenters. The molecule has 1 aliphatic heterocycles. The average Bonchev–Trinajstić information content (AvgIpc) is 2.30. The maximum Gasteiger partial charge on any atom is 0.200 e. The number of nitrogens with one attached hydrogen (secondary N) is 1. The van der Waals surface area contributed by atoms with Gasteiger partial charge in [0, 0.05) is 12.7 Å². The molecule has 0 spiro atoms. The number of nitrogens with zero attached hydrogens (tertiary/aromatic N) is 1. The van der Waals surface area contributed by atoms with E-state index in [1.54, 1.807) is 18.3 Å². The van der Waals surface area contributed by atoms with Crippen LogP contribution in [0.15, 0.2) is 24.4 Å². The summed E-state index contributed by atoms with van der Waals surface area (Å²) < 4.78 is 5.21. The van der Waals surface area contributed by atoms with E-state index in [9.17, 15) is 4.79 Å². The summed E-state index contributed by atoms with van der Waals surface area (Å²) in [6.45, 7) is 1.84. The van der Waals surface area contributed by atoms with Crippen LogP contribution in [0.1, 0.15) is 10.5 Å². The Bertz CT molecular complexity index is 307. The van der Waals surface area contributed by atoms with Crippen molar-refractivity contribution < 1.29 is 9.53 Å². The molecule has 1 aliphatic rings. The minimum Gasteiger partial charge on any atom is -0.378 e. The summed E-state index contributed by atoms with van der Waals surface area (Å²) in [6.07, 6.45) is 1.62. The third-order valence-corrected chi connectivity index (χ3v) is 2.16. The van der Waals surface area contributed by atoms with Gasteiger partial charge in [-0.3, -0.25) is 9.78 Å². The summed E-state index contributed by atoms with van der Waals surface area (Å²) in [5.41, 5.74) is 0.496. The normalized spacial score (nSPS) is 21.9. The molecule has 4 nitrogen and oxygen atoms in total. The molecule has 0 bridgehead atoms. The number of pyridine rings is 1. The largest absolute Gasteiger partial charge is 0.378 e. The van der Waals surface area contributed by atoms with Crippen LogP contribution < -0.4 is 5.32 Å². The Kier molecular flexibility index (Phi) is 2.86. The fourth-order valence-corrected chi connectivity index (χ4v) is 1.42. The molecule has 1 atom stereocenters. The van der Waals surface area contributed by atoms with E-state index in [0.717, 1.165) is 6.54 Å². The molecule has 1 N–H and O–H groups in total. The standard InChI is InChI=1S/C10H12N2O2/c13-10(8-3-1-2-4-11-8)9-7-14-6-5-12-9/h1-4,9,12H,5-7H2. The highest BCUT2D eigenvalue weighted by Crippen LogP contribution is 2.02. The van der Waals surface area contributed by atoms with E-state index in [2.05, 4.69) is 10.3 Å². The van der Waals surface area contributed by atoms with Gasteiger partial charge >= 0.3 is 0 Å². The fourth-order valence-electron chi connectivity index (χ4n) is 1.42. The van der Waals surface area contributed by atoms with Crippen LogP contribution in [0.5, 0.6) is 0 Å². The molecule has 4 heteroatoms. The van der Waals surface area contributed by atoms with Gasteiger partial charge in [-0.2, -0.15) is 0 Å². The molecule has 1 saturated heterocycles. The summed E-state index contributed by atoms with van der Waals surface area (Å²) in [5.74, 6) is 0.00491. The molecule has 14 heavy (non-hydrogen) atoms. The number of rotatable bonds is 2. The molecule has 0 radical (unpaired) electrons. The second-order valence-corrected chi connectivity index (χ2v) is 3.16. The lowest BCUT2D eigenvalue weighted by atomic mass is 10.1. The zero-order valence-electron chi connectivity index (χ0n) is 7.77. The lowest BCUT2D eigenvalue weighted by Gasteiger charge is -2.22. The van der Waals surface area contributed by atoms with Crippen LogP contribution in [0.25, 0.3) is 0 Å². The number of hydrogen-bond acceptors (Lipinski definition) is 4. The fraction of sp³-hybridized carbons (Fsp3) is 0.400. The van der Waals surface area contributed by atoms with Crippen molar-refractivity contribution in [3.63, 3.8) is 0 Å². The monoisotopic (exact) mass is 192 g/mol. The quantitative estimate of drug-likeness (QED) is 0.682. The highest BCUT2D eigenvalue weighted by molar-refractivity contribution is 5.98. The van der Waals surface area contributed by atoms with Crippen LogP contribution in [0.3, 0.4) is 0 Å². The summed E-state index contributed by atoms with van der Waals surface area (Å²) in [4.78, 5) is 15.8. The lowest BCUT2D eigenvalue weighted by molar-refractivity contribution is 0.0604. The van der Waals surface area contributed by atoms with Gasteiger partial charge in [-0.1, -0.05) is 6.07 Å². The van der Waals surface area contributed by atoms with Crippen molar-refractivity contribution in [2.75, 3.05) is 19.8 Å². The summed E-state index contributed by atoms with van der Waals surface area (Å²) >= 11 is 0. The SMILES string of the molecule is O=C(c1ccccn1)C1COCCN1. The Labute approximate surface area is 82.3 Å². The van der Waals surface area contributed by atoms with Crippen molar-refractivity contribution in [1.82, 2.24) is 10.3 Å². The van der Waals surface area contributed by atoms with Crippen LogP contribution in [0, 0.1) is 0 Å². The first-order chi connectivity index (χ1) is 6.88. The first-order valence-electron chi connectivity index (χ1n) is 4.64. The van der Waals surface area contributed by atoms with E-state index < -0.39 is 0 Å². The molecular formula is C10H12N2O2. The topological polar surface area (TPSA) is 51.2 Å². The first kappa shape index (κ1) is 9.30. The summed E-state index contributed by atoms with van der Waals surface area (Å²) in [5, 5.41) is 3.10. The third-order valence-electron chi connectivity index (χ3n) is 2.16. The second kappa shape index (κ2) is 4.30. The maximum absolute atomic E-state index is 11.8. The van der Waals surface area contributed by atoms with Crippen molar-refractivity contribution >= 4 is 5.78 Å². The third kappa shape index (κ3) is 1.97. The van der Waals surface area contributed by atoms with Crippen molar-refractivity contribution in [2.24, 2.45) is 0 Å². The number of aromatic nitrogens is 1. The summed E-state index contributed by atoms with van der Waals surface area (Å²) in [7, 11) is 0. The van der Waals surface area contributed by atoms with E-state index in [0.29, 0.717) is 18.9 Å². The van der Waals surface area contributed by atoms with Crippen molar-refractivity contribution in [2.45, 2.75) is 6.04 Å². The van der Waals surface area contributed by atoms with Crippen LogP contribution in [-0.4, -0.2) is 36.6 Å². The Morgan fingerprint density at radius 1 is 1.57 bits per heavy atom. The number of Topliss-reactive ketones (excluding diaryl/α,β-unsaturated/α-hetero) is 1. The van der Waals surface area contributed by atoms with E-state index in [-0.39, 0.29) is 11.8 Å². The average molecular weight is 192 g/mol. The number of ketones is 1. The zero-order chi connectivity index (χ0) is 9.80. The molecule has 1 aromatic heterocycles. The van der Waals surface area contributed by atoms with Gasteiger partial charge in [0.15, 0.2) is 5.78 Å². The highest BCUT2D eigenvalue weighted by Gasteiger charge is 2.22. The maximum atomic E-state index is 11.8. The van der Waals surface area contributed by atoms with Crippen LogP contribution >= 0.6 is 0 Å². The molecule has 74 valence electrons. The Morgan fingerprint density at radius 3 is 3.14 bits per heavy atom. The smallest absolute Gasteiger partial charge is 0.200 e. The molecule has 0 aromatic carbocycles. The van der Waals surface area contributed by atoms with Gasteiger partial charge in [0.05, 0.1) is 19.3 Å². The van der Waals surface area contributed by atoms with Crippen molar-refractivity contribution in [1.29, 1.82) is 0 Å². The van der Waals surface area contributed by atoms with Crippen LogP contribution in [0.2, 0.25) is 0 Å².